The van der Waals surface area contributed by atoms with Crippen molar-refractivity contribution in [3.8, 4) is 0 Å². The van der Waals surface area contributed by atoms with Crippen LogP contribution in [0.5, 0.6) is 0 Å². The third kappa shape index (κ3) is 2.71. The molecule has 0 N–H and O–H groups in total. The zero-order valence-electron chi connectivity index (χ0n) is 14.5. The maximum absolute atomic E-state index is 13.1. The number of aryl methyl sites for hydroxylation is 1. The fourth-order valence-electron chi connectivity index (χ4n) is 4.11. The van der Waals surface area contributed by atoms with Crippen molar-refractivity contribution < 1.29 is 9.53 Å². The summed E-state index contributed by atoms with van der Waals surface area (Å²) in [5, 5.41) is 0. The van der Waals surface area contributed by atoms with E-state index in [0.717, 1.165) is 43.5 Å². The number of rotatable bonds is 3. The topological polar surface area (TPSA) is 47.4 Å². The second-order valence-electron chi connectivity index (χ2n) is 7.10. The molecule has 126 valence electrons. The van der Waals surface area contributed by atoms with Crippen LogP contribution in [0.2, 0.25) is 0 Å². The quantitative estimate of drug-likeness (QED) is 0.804. The summed E-state index contributed by atoms with van der Waals surface area (Å²) < 4.78 is 7.69. The fourth-order valence-corrected chi connectivity index (χ4v) is 4.11. The smallest absolute Gasteiger partial charge is 0.226 e. The van der Waals surface area contributed by atoms with Gasteiger partial charge in [-0.25, -0.2) is 4.98 Å². The van der Waals surface area contributed by atoms with E-state index >= 15 is 0 Å². The number of amides is 1. The first-order valence-electron chi connectivity index (χ1n) is 8.50. The average Bonchev–Trinajstić information content (AvgIpc) is 2.90. The fraction of sp³-hybridized carbons (Fsp3) is 0.667. The Labute approximate surface area is 138 Å². The van der Waals surface area contributed by atoms with E-state index in [2.05, 4.69) is 21.0 Å². The molecule has 3 heterocycles. The van der Waals surface area contributed by atoms with Gasteiger partial charge in [-0.2, -0.15) is 0 Å². The molecule has 2 aliphatic rings. The second-order valence-corrected chi connectivity index (χ2v) is 7.10. The van der Waals surface area contributed by atoms with Crippen molar-refractivity contribution in [1.82, 2.24) is 14.5 Å². The predicted molar refractivity (Wildman–Crippen MR) is 89.0 cm³/mol. The lowest BCUT2D eigenvalue weighted by molar-refractivity contribution is -0.148. The van der Waals surface area contributed by atoms with E-state index in [0.29, 0.717) is 13.2 Å². The number of hydrogen-bond donors (Lipinski definition) is 0. The Morgan fingerprint density at radius 1 is 1.48 bits per heavy atom. The lowest BCUT2D eigenvalue weighted by atomic mass is 9.79. The van der Waals surface area contributed by atoms with Crippen molar-refractivity contribution in [2.75, 3.05) is 19.8 Å². The normalized spacial score (nSPS) is 21.1. The van der Waals surface area contributed by atoms with Crippen LogP contribution in [0, 0.1) is 5.92 Å². The molecular weight excluding hydrogens is 290 g/mol. The largest absolute Gasteiger partial charge is 0.381 e. The number of imidazole rings is 1. The van der Waals surface area contributed by atoms with Gasteiger partial charge in [-0.15, -0.1) is 6.58 Å². The summed E-state index contributed by atoms with van der Waals surface area (Å²) >= 11 is 0. The summed E-state index contributed by atoms with van der Waals surface area (Å²) in [6.45, 7) is 10.1. The van der Waals surface area contributed by atoms with E-state index in [1.807, 2.05) is 27.2 Å². The van der Waals surface area contributed by atoms with Gasteiger partial charge in [0.15, 0.2) is 0 Å². The Morgan fingerprint density at radius 3 is 2.83 bits per heavy atom. The number of allylic oxidation sites excluding steroid dienone is 1. The number of ether oxygens (including phenoxy) is 1. The highest BCUT2D eigenvalue weighted by atomic mass is 16.5. The molecule has 1 saturated heterocycles. The number of fused-ring (bicyclic) bond motifs is 2. The lowest BCUT2D eigenvalue weighted by Crippen LogP contribution is -2.57. The number of nitrogens with zero attached hydrogens (tertiary/aromatic N) is 3. The molecule has 1 spiro atoms. The van der Waals surface area contributed by atoms with Gasteiger partial charge >= 0.3 is 0 Å². The van der Waals surface area contributed by atoms with Gasteiger partial charge in [-0.3, -0.25) is 4.79 Å². The Bertz CT molecular complexity index is 614. The van der Waals surface area contributed by atoms with Crippen LogP contribution in [0.25, 0.3) is 0 Å². The molecule has 5 heteroatoms. The summed E-state index contributed by atoms with van der Waals surface area (Å²) in [5.41, 5.74) is 3.13. The van der Waals surface area contributed by atoms with Crippen molar-refractivity contribution in [2.24, 2.45) is 13.0 Å². The van der Waals surface area contributed by atoms with Crippen LogP contribution in [0.1, 0.15) is 44.5 Å². The first kappa shape index (κ1) is 16.2. The molecule has 3 rings (SSSR count). The van der Waals surface area contributed by atoms with E-state index in [1.54, 1.807) is 0 Å². The number of carbonyl (C=O) groups is 1. The van der Waals surface area contributed by atoms with Gasteiger partial charge in [0, 0.05) is 44.8 Å². The van der Waals surface area contributed by atoms with Crippen LogP contribution < -0.4 is 0 Å². The van der Waals surface area contributed by atoms with Gasteiger partial charge in [0.05, 0.1) is 17.6 Å². The first-order chi connectivity index (χ1) is 11.0. The Morgan fingerprint density at radius 2 is 2.17 bits per heavy atom. The molecular formula is C18H27N3O2. The third-order valence-corrected chi connectivity index (χ3v) is 5.25. The molecule has 1 aromatic rings. The number of carbonyl (C=O) groups excluding carboxylic acids is 1. The third-order valence-electron chi connectivity index (χ3n) is 5.25. The first-order valence-corrected chi connectivity index (χ1v) is 8.50. The van der Waals surface area contributed by atoms with E-state index in [-0.39, 0.29) is 17.4 Å². The molecule has 1 fully saturated rings. The van der Waals surface area contributed by atoms with Crippen LogP contribution >= 0.6 is 0 Å². The summed E-state index contributed by atoms with van der Waals surface area (Å²) in [6, 6.07) is 0. The Hall–Kier alpha value is -1.62. The molecule has 0 bridgehead atoms. The highest BCUT2D eigenvalue weighted by molar-refractivity contribution is 5.80. The van der Waals surface area contributed by atoms with Gasteiger partial charge in [0.1, 0.15) is 0 Å². The maximum Gasteiger partial charge on any atom is 0.226 e. The average molecular weight is 317 g/mol. The highest BCUT2D eigenvalue weighted by Crippen LogP contribution is 2.43. The molecule has 1 atom stereocenters. The van der Waals surface area contributed by atoms with Crippen molar-refractivity contribution in [3.63, 3.8) is 0 Å². The zero-order valence-corrected chi connectivity index (χ0v) is 14.5. The molecule has 1 amide bonds. The minimum atomic E-state index is -0.284. The molecule has 0 radical (unpaired) electrons. The van der Waals surface area contributed by atoms with Crippen molar-refractivity contribution in [2.45, 2.75) is 45.1 Å². The van der Waals surface area contributed by atoms with E-state index in [1.165, 1.54) is 5.69 Å². The van der Waals surface area contributed by atoms with Crippen molar-refractivity contribution in [1.29, 1.82) is 0 Å². The maximum atomic E-state index is 13.1. The Kier molecular flexibility index (Phi) is 4.32. The molecule has 23 heavy (non-hydrogen) atoms. The van der Waals surface area contributed by atoms with Crippen LogP contribution in [0.4, 0.5) is 0 Å². The van der Waals surface area contributed by atoms with Crippen molar-refractivity contribution in [3.05, 3.63) is 29.9 Å². The molecule has 1 unspecified atom stereocenters. The van der Waals surface area contributed by atoms with Crippen LogP contribution in [0.15, 0.2) is 18.5 Å². The highest BCUT2D eigenvalue weighted by Gasteiger charge is 2.48. The standard InChI is InChI=1S/C18H27N3O2/c1-13(2)11-14(3)17(22)21-8-5-15-16(19-12-20(15)4)18(21)6-9-23-10-7-18/h12,14H,1,5-11H2,2-4H3. The lowest BCUT2D eigenvalue weighted by Gasteiger charge is -2.49. The Balaban J connectivity index is 1.96. The predicted octanol–water partition coefficient (Wildman–Crippen LogP) is 2.41. The van der Waals surface area contributed by atoms with Crippen molar-refractivity contribution >= 4 is 5.91 Å². The van der Waals surface area contributed by atoms with E-state index in [9.17, 15) is 4.79 Å². The van der Waals surface area contributed by atoms with Gasteiger partial charge in [-0.05, 0) is 26.2 Å². The summed E-state index contributed by atoms with van der Waals surface area (Å²) in [5.74, 6) is 0.198. The van der Waals surface area contributed by atoms with Gasteiger partial charge in [0.25, 0.3) is 0 Å². The van der Waals surface area contributed by atoms with Gasteiger partial charge < -0.3 is 14.2 Å². The zero-order chi connectivity index (χ0) is 16.6. The van der Waals surface area contributed by atoms with Gasteiger partial charge in [-0.1, -0.05) is 12.5 Å². The summed E-state index contributed by atoms with van der Waals surface area (Å²) in [4.78, 5) is 19.9. The van der Waals surface area contributed by atoms with Crippen LogP contribution in [-0.2, 0) is 28.5 Å². The minimum Gasteiger partial charge on any atom is -0.381 e. The van der Waals surface area contributed by atoms with Gasteiger partial charge in [0.2, 0.25) is 5.91 Å². The SMILES string of the molecule is C=C(C)CC(C)C(=O)N1CCc2c(ncn2C)C12CCOCC2. The molecule has 0 aliphatic carbocycles. The van der Waals surface area contributed by atoms with E-state index < -0.39 is 0 Å². The summed E-state index contributed by atoms with van der Waals surface area (Å²) in [6.07, 6.45) is 5.18. The number of hydrogen-bond acceptors (Lipinski definition) is 3. The molecule has 1 aromatic heterocycles. The van der Waals surface area contributed by atoms with E-state index in [4.69, 9.17) is 4.74 Å². The monoisotopic (exact) mass is 317 g/mol. The molecule has 2 aliphatic heterocycles. The molecule has 5 nitrogen and oxygen atoms in total. The minimum absolute atomic E-state index is 0.0301. The molecule has 0 saturated carbocycles. The van der Waals surface area contributed by atoms with Crippen LogP contribution in [0.3, 0.4) is 0 Å². The number of aromatic nitrogens is 2. The molecule has 0 aromatic carbocycles. The van der Waals surface area contributed by atoms with Crippen LogP contribution in [-0.4, -0.2) is 40.1 Å². The summed E-state index contributed by atoms with van der Waals surface area (Å²) in [7, 11) is 2.04. The second kappa shape index (κ2) is 6.11.